The lowest BCUT2D eigenvalue weighted by atomic mass is 10.2. The maximum absolute atomic E-state index is 12.4. The Morgan fingerprint density at radius 2 is 2.16 bits per heavy atom. The zero-order valence-electron chi connectivity index (χ0n) is 11.3. The highest BCUT2D eigenvalue weighted by Gasteiger charge is 2.17. The van der Waals surface area contributed by atoms with E-state index in [1.54, 1.807) is 11.0 Å². The van der Waals surface area contributed by atoms with Crippen LogP contribution >= 0.6 is 11.3 Å². The summed E-state index contributed by atoms with van der Waals surface area (Å²) in [7, 11) is 0. The molecule has 19 heavy (non-hydrogen) atoms. The predicted octanol–water partition coefficient (Wildman–Crippen LogP) is 3.11. The summed E-state index contributed by atoms with van der Waals surface area (Å²) in [6, 6.07) is 1.77. The van der Waals surface area contributed by atoms with Crippen molar-refractivity contribution in [1.29, 1.82) is 0 Å². The van der Waals surface area contributed by atoms with Gasteiger partial charge in [-0.2, -0.15) is 0 Å². The van der Waals surface area contributed by atoms with E-state index in [0.29, 0.717) is 17.0 Å². The summed E-state index contributed by atoms with van der Waals surface area (Å²) in [4.78, 5) is 25.3. The quantitative estimate of drug-likeness (QED) is 0.781. The number of nitrogens with zero attached hydrogens (tertiary/aromatic N) is 1. The van der Waals surface area contributed by atoms with Crippen molar-refractivity contribution < 1.29 is 14.7 Å². The molecule has 104 valence electrons. The van der Waals surface area contributed by atoms with E-state index in [1.807, 2.05) is 12.3 Å². The van der Waals surface area contributed by atoms with Crippen LogP contribution in [-0.4, -0.2) is 35.0 Å². The fraction of sp³-hybridized carbons (Fsp3) is 0.429. The molecule has 0 aromatic carbocycles. The van der Waals surface area contributed by atoms with Gasteiger partial charge < -0.3 is 10.0 Å². The SMILES string of the molecule is CCCCN(CC)C(=O)c1sccc1/C=C/C(=O)O. The third-order valence-corrected chi connectivity index (χ3v) is 3.66. The molecule has 0 aliphatic rings. The van der Waals surface area contributed by atoms with E-state index in [4.69, 9.17) is 5.11 Å². The van der Waals surface area contributed by atoms with Crippen molar-refractivity contribution in [3.63, 3.8) is 0 Å². The number of hydrogen-bond acceptors (Lipinski definition) is 3. The first-order valence-electron chi connectivity index (χ1n) is 6.37. The van der Waals surface area contributed by atoms with E-state index in [9.17, 15) is 9.59 Å². The number of amides is 1. The van der Waals surface area contributed by atoms with Crippen LogP contribution in [0.4, 0.5) is 0 Å². The van der Waals surface area contributed by atoms with Crippen molar-refractivity contribution in [2.45, 2.75) is 26.7 Å². The summed E-state index contributed by atoms with van der Waals surface area (Å²) >= 11 is 1.35. The van der Waals surface area contributed by atoms with Gasteiger partial charge in [0.25, 0.3) is 5.91 Å². The number of carboxylic acid groups (broad SMARTS) is 1. The van der Waals surface area contributed by atoms with Gasteiger partial charge in [0, 0.05) is 19.2 Å². The van der Waals surface area contributed by atoms with Crippen LogP contribution in [-0.2, 0) is 4.79 Å². The van der Waals surface area contributed by atoms with Gasteiger partial charge in [-0.25, -0.2) is 4.79 Å². The predicted molar refractivity (Wildman–Crippen MR) is 77.5 cm³/mol. The number of carbonyl (C=O) groups excluding carboxylic acids is 1. The maximum atomic E-state index is 12.4. The summed E-state index contributed by atoms with van der Waals surface area (Å²) in [5.74, 6) is -1.03. The minimum atomic E-state index is -1.01. The Morgan fingerprint density at radius 3 is 2.74 bits per heavy atom. The monoisotopic (exact) mass is 281 g/mol. The van der Waals surface area contributed by atoms with E-state index < -0.39 is 5.97 Å². The number of carboxylic acids is 1. The number of rotatable bonds is 7. The standard InChI is InChI=1S/C14H19NO3S/c1-3-5-9-15(4-2)14(18)13-11(8-10-19-13)6-7-12(16)17/h6-8,10H,3-5,9H2,1-2H3,(H,16,17)/b7-6+. The van der Waals surface area contributed by atoms with Crippen molar-refractivity contribution >= 4 is 29.3 Å². The van der Waals surface area contributed by atoms with Gasteiger partial charge in [0.1, 0.15) is 0 Å². The van der Waals surface area contributed by atoms with Gasteiger partial charge in [-0.3, -0.25) is 4.79 Å². The number of thiophene rings is 1. The molecule has 1 aromatic rings. The van der Waals surface area contributed by atoms with Crippen molar-refractivity contribution in [2.75, 3.05) is 13.1 Å². The molecule has 0 unspecified atom stereocenters. The molecule has 4 nitrogen and oxygen atoms in total. The molecule has 1 rings (SSSR count). The van der Waals surface area contributed by atoms with Crippen LogP contribution in [0.15, 0.2) is 17.5 Å². The maximum Gasteiger partial charge on any atom is 0.328 e. The molecule has 1 amide bonds. The molecule has 1 aromatic heterocycles. The van der Waals surface area contributed by atoms with Gasteiger partial charge in [-0.05, 0) is 36.4 Å². The van der Waals surface area contributed by atoms with E-state index >= 15 is 0 Å². The molecule has 0 saturated carbocycles. The molecule has 1 heterocycles. The summed E-state index contributed by atoms with van der Waals surface area (Å²) < 4.78 is 0. The number of aliphatic carboxylic acids is 1. The first-order chi connectivity index (χ1) is 9.10. The highest BCUT2D eigenvalue weighted by atomic mass is 32.1. The number of hydrogen-bond donors (Lipinski definition) is 1. The minimum absolute atomic E-state index is 0.0176. The molecule has 0 atom stereocenters. The second kappa shape index (κ2) is 7.74. The van der Waals surface area contributed by atoms with Gasteiger partial charge in [0.05, 0.1) is 4.88 Å². The van der Waals surface area contributed by atoms with Crippen LogP contribution in [0.1, 0.15) is 41.9 Å². The summed E-state index contributed by atoms with van der Waals surface area (Å²) in [5, 5.41) is 10.4. The van der Waals surface area contributed by atoms with Crippen molar-refractivity contribution in [2.24, 2.45) is 0 Å². The zero-order valence-corrected chi connectivity index (χ0v) is 12.1. The smallest absolute Gasteiger partial charge is 0.328 e. The Hall–Kier alpha value is -1.62. The highest BCUT2D eigenvalue weighted by Crippen LogP contribution is 2.20. The lowest BCUT2D eigenvalue weighted by molar-refractivity contribution is -0.131. The Kier molecular flexibility index (Phi) is 6.29. The summed E-state index contributed by atoms with van der Waals surface area (Å²) in [5.41, 5.74) is 0.673. The minimum Gasteiger partial charge on any atom is -0.478 e. The number of unbranched alkanes of at least 4 members (excludes halogenated alkanes) is 1. The second-order valence-corrected chi connectivity index (χ2v) is 5.03. The van der Waals surface area contributed by atoms with E-state index in [1.165, 1.54) is 17.4 Å². The van der Waals surface area contributed by atoms with Crippen LogP contribution < -0.4 is 0 Å². The largest absolute Gasteiger partial charge is 0.478 e. The molecule has 5 heteroatoms. The van der Waals surface area contributed by atoms with Crippen LogP contribution in [0.3, 0.4) is 0 Å². The topological polar surface area (TPSA) is 57.6 Å². The molecular weight excluding hydrogens is 262 g/mol. The third kappa shape index (κ3) is 4.52. The van der Waals surface area contributed by atoms with Gasteiger partial charge >= 0.3 is 5.97 Å². The Bertz CT molecular complexity index is 465. The van der Waals surface area contributed by atoms with Gasteiger partial charge in [0.2, 0.25) is 0 Å². The first-order valence-corrected chi connectivity index (χ1v) is 7.25. The zero-order chi connectivity index (χ0) is 14.3. The molecule has 0 aliphatic heterocycles. The Morgan fingerprint density at radius 1 is 1.42 bits per heavy atom. The van der Waals surface area contributed by atoms with E-state index in [-0.39, 0.29) is 5.91 Å². The molecular formula is C14H19NO3S. The molecule has 1 N–H and O–H groups in total. The van der Waals surface area contributed by atoms with Gasteiger partial charge in [-0.1, -0.05) is 13.3 Å². The normalized spacial score (nSPS) is 10.8. The molecule has 0 aliphatic carbocycles. The summed E-state index contributed by atoms with van der Waals surface area (Å²) in [6.07, 6.45) is 4.55. The number of carbonyl (C=O) groups is 2. The van der Waals surface area contributed by atoms with Crippen molar-refractivity contribution in [1.82, 2.24) is 4.90 Å². The fourth-order valence-electron chi connectivity index (χ4n) is 1.68. The lowest BCUT2D eigenvalue weighted by Crippen LogP contribution is -2.31. The molecule has 0 bridgehead atoms. The molecule has 0 saturated heterocycles. The third-order valence-electron chi connectivity index (χ3n) is 2.75. The average Bonchev–Trinajstić information content (AvgIpc) is 2.85. The van der Waals surface area contributed by atoms with Crippen LogP contribution in [0.2, 0.25) is 0 Å². The van der Waals surface area contributed by atoms with E-state index in [0.717, 1.165) is 25.5 Å². The average molecular weight is 281 g/mol. The van der Waals surface area contributed by atoms with Crippen molar-refractivity contribution in [3.05, 3.63) is 28.0 Å². The summed E-state index contributed by atoms with van der Waals surface area (Å²) in [6.45, 7) is 5.45. The second-order valence-electron chi connectivity index (χ2n) is 4.12. The highest BCUT2D eigenvalue weighted by molar-refractivity contribution is 7.12. The molecule has 0 fully saturated rings. The van der Waals surface area contributed by atoms with Crippen LogP contribution in [0.5, 0.6) is 0 Å². The molecule has 0 spiro atoms. The van der Waals surface area contributed by atoms with E-state index in [2.05, 4.69) is 6.92 Å². The van der Waals surface area contributed by atoms with Crippen LogP contribution in [0, 0.1) is 0 Å². The van der Waals surface area contributed by atoms with Crippen LogP contribution in [0.25, 0.3) is 6.08 Å². The van der Waals surface area contributed by atoms with Crippen molar-refractivity contribution in [3.8, 4) is 0 Å². The lowest BCUT2D eigenvalue weighted by Gasteiger charge is -2.20. The Labute approximate surface area is 117 Å². The Balaban J connectivity index is 2.86. The fourth-order valence-corrected chi connectivity index (χ4v) is 2.53. The molecule has 0 radical (unpaired) electrons. The first kappa shape index (κ1) is 15.4. The van der Waals surface area contributed by atoms with Gasteiger partial charge in [0.15, 0.2) is 0 Å². The van der Waals surface area contributed by atoms with Gasteiger partial charge in [-0.15, -0.1) is 11.3 Å².